The van der Waals surface area contributed by atoms with E-state index >= 15 is 0 Å². The van der Waals surface area contributed by atoms with Crippen LogP contribution in [-0.4, -0.2) is 34.5 Å². The van der Waals surface area contributed by atoms with Crippen molar-refractivity contribution in [3.8, 4) is 0 Å². The molecule has 3 atom stereocenters. The van der Waals surface area contributed by atoms with Crippen LogP contribution in [-0.2, 0) is 9.59 Å². The SMILES string of the molecule is CC1C[C@H](C(=O)N(CC2CC2)C2CC2)[C@H](C(=O)O)C1. The summed E-state index contributed by atoms with van der Waals surface area (Å²) in [6.45, 7) is 2.94. The molecule has 1 N–H and O–H groups in total. The minimum Gasteiger partial charge on any atom is -0.481 e. The second-order valence-corrected chi connectivity index (χ2v) is 6.79. The molecule has 3 saturated carbocycles. The van der Waals surface area contributed by atoms with Crippen molar-refractivity contribution in [2.24, 2.45) is 23.7 Å². The van der Waals surface area contributed by atoms with Crippen molar-refractivity contribution >= 4 is 11.9 Å². The van der Waals surface area contributed by atoms with Crippen LogP contribution in [0.15, 0.2) is 0 Å². The molecule has 3 rings (SSSR count). The van der Waals surface area contributed by atoms with Crippen molar-refractivity contribution in [1.29, 1.82) is 0 Å². The van der Waals surface area contributed by atoms with Crippen LogP contribution in [0.1, 0.15) is 45.4 Å². The molecule has 0 radical (unpaired) electrons. The van der Waals surface area contributed by atoms with Crippen LogP contribution in [0.5, 0.6) is 0 Å². The number of amides is 1. The summed E-state index contributed by atoms with van der Waals surface area (Å²) >= 11 is 0. The summed E-state index contributed by atoms with van der Waals surface area (Å²) in [5.74, 6) is -0.338. The zero-order valence-corrected chi connectivity index (χ0v) is 11.5. The number of carbonyl (C=O) groups excluding carboxylic acids is 1. The molecule has 0 aliphatic heterocycles. The van der Waals surface area contributed by atoms with Gasteiger partial charge < -0.3 is 10.0 Å². The number of nitrogens with zero attached hydrogens (tertiary/aromatic N) is 1. The maximum Gasteiger partial charge on any atom is 0.307 e. The van der Waals surface area contributed by atoms with E-state index in [0.29, 0.717) is 24.3 Å². The van der Waals surface area contributed by atoms with Gasteiger partial charge >= 0.3 is 5.97 Å². The molecule has 4 heteroatoms. The summed E-state index contributed by atoms with van der Waals surface area (Å²) in [6, 6.07) is 0.415. The molecule has 19 heavy (non-hydrogen) atoms. The average Bonchev–Trinajstić information content (AvgIpc) is 3.24. The Kier molecular flexibility index (Phi) is 3.27. The Balaban J connectivity index is 1.70. The Bertz CT molecular complexity index is 387. The van der Waals surface area contributed by atoms with Gasteiger partial charge in [-0.2, -0.15) is 0 Å². The van der Waals surface area contributed by atoms with Gasteiger partial charge in [0.1, 0.15) is 0 Å². The Labute approximate surface area is 114 Å². The molecule has 0 aromatic rings. The number of hydrogen-bond donors (Lipinski definition) is 1. The van der Waals surface area contributed by atoms with E-state index in [2.05, 4.69) is 6.92 Å². The summed E-state index contributed by atoms with van der Waals surface area (Å²) in [5.41, 5.74) is 0. The minimum absolute atomic E-state index is 0.131. The smallest absolute Gasteiger partial charge is 0.307 e. The molecule has 3 aliphatic carbocycles. The first-order valence-corrected chi connectivity index (χ1v) is 7.59. The highest BCUT2D eigenvalue weighted by atomic mass is 16.4. The summed E-state index contributed by atoms with van der Waals surface area (Å²) < 4.78 is 0. The van der Waals surface area contributed by atoms with Crippen molar-refractivity contribution in [3.63, 3.8) is 0 Å². The lowest BCUT2D eigenvalue weighted by Crippen LogP contribution is -2.41. The van der Waals surface area contributed by atoms with E-state index in [4.69, 9.17) is 0 Å². The topological polar surface area (TPSA) is 57.6 Å². The second kappa shape index (κ2) is 4.80. The van der Waals surface area contributed by atoms with Gasteiger partial charge in [0.2, 0.25) is 5.91 Å². The van der Waals surface area contributed by atoms with E-state index < -0.39 is 11.9 Å². The van der Waals surface area contributed by atoms with Crippen LogP contribution in [0.2, 0.25) is 0 Å². The van der Waals surface area contributed by atoms with Crippen molar-refractivity contribution in [2.45, 2.75) is 51.5 Å². The summed E-state index contributed by atoms with van der Waals surface area (Å²) in [6.07, 6.45) is 6.11. The molecule has 0 heterocycles. The predicted molar refractivity (Wildman–Crippen MR) is 70.5 cm³/mol. The van der Waals surface area contributed by atoms with Gasteiger partial charge in [-0.3, -0.25) is 9.59 Å². The second-order valence-electron chi connectivity index (χ2n) is 6.79. The highest BCUT2D eigenvalue weighted by Crippen LogP contribution is 2.41. The fraction of sp³-hybridized carbons (Fsp3) is 0.867. The van der Waals surface area contributed by atoms with Crippen molar-refractivity contribution in [2.75, 3.05) is 6.54 Å². The molecule has 1 amide bonds. The largest absolute Gasteiger partial charge is 0.481 e. The highest BCUT2D eigenvalue weighted by molar-refractivity contribution is 5.85. The molecule has 0 saturated heterocycles. The summed E-state index contributed by atoms with van der Waals surface area (Å²) in [4.78, 5) is 26.1. The average molecular weight is 265 g/mol. The van der Waals surface area contributed by atoms with Crippen LogP contribution < -0.4 is 0 Å². The van der Waals surface area contributed by atoms with Crippen LogP contribution in [0.25, 0.3) is 0 Å². The lowest BCUT2D eigenvalue weighted by molar-refractivity contribution is -0.149. The van der Waals surface area contributed by atoms with Gasteiger partial charge in [-0.15, -0.1) is 0 Å². The summed E-state index contributed by atoms with van der Waals surface area (Å²) in [5, 5.41) is 9.31. The first-order valence-electron chi connectivity index (χ1n) is 7.59. The lowest BCUT2D eigenvalue weighted by Gasteiger charge is -2.27. The first kappa shape index (κ1) is 12.9. The van der Waals surface area contributed by atoms with Crippen LogP contribution in [0.4, 0.5) is 0 Å². The Morgan fingerprint density at radius 3 is 2.26 bits per heavy atom. The number of rotatable bonds is 5. The standard InChI is InChI=1S/C15H23NO3/c1-9-6-12(13(7-9)15(18)19)14(17)16(11-4-5-11)8-10-2-3-10/h9-13H,2-8H2,1H3,(H,18,19)/t9?,12-,13+/m0/s1. The predicted octanol–water partition coefficient (Wildman–Crippen LogP) is 2.13. The van der Waals surface area contributed by atoms with Gasteiger partial charge in [0.25, 0.3) is 0 Å². The third kappa shape index (κ3) is 2.77. The van der Waals surface area contributed by atoms with Gasteiger partial charge in [-0.25, -0.2) is 0 Å². The minimum atomic E-state index is -0.787. The molecule has 4 nitrogen and oxygen atoms in total. The quantitative estimate of drug-likeness (QED) is 0.828. The van der Waals surface area contributed by atoms with Crippen LogP contribution in [0, 0.1) is 23.7 Å². The fourth-order valence-electron chi connectivity index (χ4n) is 3.43. The maximum atomic E-state index is 12.7. The monoisotopic (exact) mass is 265 g/mol. The van der Waals surface area contributed by atoms with Crippen LogP contribution >= 0.6 is 0 Å². The number of carbonyl (C=O) groups is 2. The van der Waals surface area contributed by atoms with Crippen molar-refractivity contribution in [1.82, 2.24) is 4.90 Å². The van der Waals surface area contributed by atoms with Gasteiger partial charge in [0, 0.05) is 12.6 Å². The van der Waals surface area contributed by atoms with Gasteiger partial charge in [-0.1, -0.05) is 6.92 Å². The Morgan fingerprint density at radius 2 is 1.74 bits per heavy atom. The zero-order valence-electron chi connectivity index (χ0n) is 11.5. The van der Waals surface area contributed by atoms with E-state index in [0.717, 1.165) is 25.8 Å². The molecule has 0 bridgehead atoms. The van der Waals surface area contributed by atoms with Gasteiger partial charge in [-0.05, 0) is 50.4 Å². The van der Waals surface area contributed by atoms with E-state index in [9.17, 15) is 14.7 Å². The van der Waals surface area contributed by atoms with E-state index in [1.165, 1.54) is 12.8 Å². The van der Waals surface area contributed by atoms with E-state index in [1.807, 2.05) is 4.90 Å². The third-order valence-corrected chi connectivity index (χ3v) is 4.86. The van der Waals surface area contributed by atoms with E-state index in [-0.39, 0.29) is 11.8 Å². The number of carboxylic acid groups (broad SMARTS) is 1. The molecule has 0 aromatic heterocycles. The van der Waals surface area contributed by atoms with Gasteiger partial charge in [0.15, 0.2) is 0 Å². The molecule has 0 spiro atoms. The normalized spacial score (nSPS) is 34.3. The molecule has 3 aliphatic rings. The first-order chi connectivity index (χ1) is 9.06. The molecule has 106 valence electrons. The number of aliphatic carboxylic acids is 1. The summed E-state index contributed by atoms with van der Waals surface area (Å²) in [7, 11) is 0. The van der Waals surface area contributed by atoms with Crippen LogP contribution in [0.3, 0.4) is 0 Å². The molecule has 3 fully saturated rings. The number of carboxylic acids is 1. The lowest BCUT2D eigenvalue weighted by atomic mass is 9.94. The van der Waals surface area contributed by atoms with Crippen molar-refractivity contribution in [3.05, 3.63) is 0 Å². The third-order valence-electron chi connectivity index (χ3n) is 4.86. The Morgan fingerprint density at radius 1 is 1.11 bits per heavy atom. The fourth-order valence-corrected chi connectivity index (χ4v) is 3.43. The van der Waals surface area contributed by atoms with Gasteiger partial charge in [0.05, 0.1) is 11.8 Å². The molecular weight excluding hydrogens is 242 g/mol. The maximum absolute atomic E-state index is 12.7. The molecule has 1 unspecified atom stereocenters. The highest BCUT2D eigenvalue weighted by Gasteiger charge is 2.46. The molecular formula is C15H23NO3. The zero-order chi connectivity index (χ0) is 13.6. The van der Waals surface area contributed by atoms with Crippen molar-refractivity contribution < 1.29 is 14.7 Å². The molecule has 0 aromatic carbocycles. The van der Waals surface area contributed by atoms with E-state index in [1.54, 1.807) is 0 Å². The Hall–Kier alpha value is -1.06. The number of hydrogen-bond acceptors (Lipinski definition) is 2.